The highest BCUT2D eigenvalue weighted by Gasteiger charge is 2.24. The third kappa shape index (κ3) is 5.05. The first-order valence-electron chi connectivity index (χ1n) is 8.48. The molecule has 2 aromatic rings. The van der Waals surface area contributed by atoms with E-state index in [0.29, 0.717) is 17.4 Å². The molecular weight excluding hydrogens is 322 g/mol. The highest BCUT2D eigenvalue weighted by molar-refractivity contribution is 6.30. The zero-order valence-corrected chi connectivity index (χ0v) is 14.4. The molecule has 0 saturated carbocycles. The smallest absolute Gasteiger partial charge is 0.280 e. The van der Waals surface area contributed by atoms with E-state index in [1.165, 1.54) is 23.3 Å². The van der Waals surface area contributed by atoms with Crippen molar-refractivity contribution in [2.24, 2.45) is 5.92 Å². The lowest BCUT2D eigenvalue weighted by Gasteiger charge is -2.28. The molecule has 1 aromatic carbocycles. The Balaban J connectivity index is 1.41. The van der Waals surface area contributed by atoms with Crippen molar-refractivity contribution in [3.63, 3.8) is 0 Å². The van der Waals surface area contributed by atoms with E-state index in [0.717, 1.165) is 25.4 Å². The van der Waals surface area contributed by atoms with E-state index in [9.17, 15) is 4.79 Å². The number of carbonyl (C=O) groups is 1. The van der Waals surface area contributed by atoms with Crippen molar-refractivity contribution in [2.75, 3.05) is 25.0 Å². The molecule has 1 fully saturated rings. The Labute approximate surface area is 147 Å². The zero-order chi connectivity index (χ0) is 16.8. The minimum absolute atomic E-state index is 0.0151. The van der Waals surface area contributed by atoms with Crippen molar-refractivity contribution >= 4 is 23.3 Å². The van der Waals surface area contributed by atoms with E-state index in [1.54, 1.807) is 18.3 Å². The molecule has 0 aliphatic carbocycles. The fraction of sp³-hybridized carbons (Fsp3) is 0.368. The molecule has 1 saturated heterocycles. The van der Waals surface area contributed by atoms with Gasteiger partial charge in [-0.05, 0) is 42.9 Å². The molecule has 126 valence electrons. The maximum atomic E-state index is 12.1. The van der Waals surface area contributed by atoms with Gasteiger partial charge in [-0.1, -0.05) is 41.9 Å². The molecule has 2 heterocycles. The van der Waals surface area contributed by atoms with Gasteiger partial charge >= 0.3 is 0 Å². The second kappa shape index (κ2) is 8.27. The molecule has 1 aromatic heterocycles. The molecule has 1 aliphatic heterocycles. The van der Waals surface area contributed by atoms with Crippen molar-refractivity contribution in [3.05, 3.63) is 59.2 Å². The summed E-state index contributed by atoms with van der Waals surface area (Å²) in [7, 11) is 0. The van der Waals surface area contributed by atoms with Crippen LogP contribution in [-0.4, -0.2) is 30.5 Å². The van der Waals surface area contributed by atoms with E-state index in [2.05, 4.69) is 40.6 Å². The molecule has 5 heteroatoms. The van der Waals surface area contributed by atoms with Gasteiger partial charge in [0.25, 0.3) is 5.91 Å². The minimum atomic E-state index is 0.0151. The third-order valence-electron chi connectivity index (χ3n) is 4.58. The summed E-state index contributed by atoms with van der Waals surface area (Å²) in [5.41, 5.74) is 1.41. The Morgan fingerprint density at radius 2 is 1.92 bits per heavy atom. The number of halogens is 1. The van der Waals surface area contributed by atoms with Crippen LogP contribution in [0.2, 0.25) is 5.02 Å². The lowest BCUT2D eigenvalue weighted by Crippen LogP contribution is -3.14. The second-order valence-corrected chi connectivity index (χ2v) is 6.91. The van der Waals surface area contributed by atoms with Crippen LogP contribution in [0.3, 0.4) is 0 Å². The van der Waals surface area contributed by atoms with Crippen molar-refractivity contribution in [1.29, 1.82) is 0 Å². The number of aromatic nitrogens is 1. The van der Waals surface area contributed by atoms with Gasteiger partial charge in [-0.3, -0.25) is 4.79 Å². The lowest BCUT2D eigenvalue weighted by atomic mass is 9.90. The summed E-state index contributed by atoms with van der Waals surface area (Å²) >= 11 is 5.80. The number of piperidine rings is 1. The third-order valence-corrected chi connectivity index (χ3v) is 4.81. The fourth-order valence-electron chi connectivity index (χ4n) is 3.28. The summed E-state index contributed by atoms with van der Waals surface area (Å²) in [5, 5.41) is 3.41. The summed E-state index contributed by atoms with van der Waals surface area (Å²) < 4.78 is 0. The number of likely N-dealkylation sites (tertiary alicyclic amines) is 1. The fourth-order valence-corrected chi connectivity index (χ4v) is 3.39. The van der Waals surface area contributed by atoms with Gasteiger partial charge in [-0.2, -0.15) is 0 Å². The van der Waals surface area contributed by atoms with Gasteiger partial charge in [0.15, 0.2) is 6.54 Å². The molecule has 2 N–H and O–H groups in total. The highest BCUT2D eigenvalue weighted by atomic mass is 35.5. The Bertz CT molecular complexity index is 652. The number of quaternary nitrogens is 1. The first kappa shape index (κ1) is 16.9. The standard InChI is InChI=1S/C19H22ClN3O/c20-17-6-7-18(21-13-17)22-19(24)14-23-10-8-16(9-11-23)12-15-4-2-1-3-5-15/h1-7,13,16H,8-12,14H2,(H,21,22,24)/p+1. The Kier molecular flexibility index (Phi) is 5.83. The van der Waals surface area contributed by atoms with Crippen LogP contribution >= 0.6 is 11.6 Å². The van der Waals surface area contributed by atoms with E-state index < -0.39 is 0 Å². The van der Waals surface area contributed by atoms with Gasteiger partial charge in [-0.15, -0.1) is 0 Å². The number of nitrogens with one attached hydrogen (secondary N) is 2. The predicted molar refractivity (Wildman–Crippen MR) is 96.3 cm³/mol. The summed E-state index contributed by atoms with van der Waals surface area (Å²) in [4.78, 5) is 17.6. The maximum absolute atomic E-state index is 12.1. The van der Waals surface area contributed by atoms with E-state index in [1.807, 2.05) is 0 Å². The van der Waals surface area contributed by atoms with Crippen LogP contribution in [0.5, 0.6) is 0 Å². The summed E-state index contributed by atoms with van der Waals surface area (Å²) in [5.74, 6) is 1.31. The summed E-state index contributed by atoms with van der Waals surface area (Å²) in [6.07, 6.45) is 5.04. The van der Waals surface area contributed by atoms with Crippen molar-refractivity contribution in [1.82, 2.24) is 4.98 Å². The highest BCUT2D eigenvalue weighted by Crippen LogP contribution is 2.16. The number of anilines is 1. The number of amides is 1. The maximum Gasteiger partial charge on any atom is 0.280 e. The largest absolute Gasteiger partial charge is 0.327 e. The molecule has 0 radical (unpaired) electrons. The second-order valence-electron chi connectivity index (χ2n) is 6.47. The van der Waals surface area contributed by atoms with Gasteiger partial charge < -0.3 is 10.2 Å². The normalized spacial score (nSPS) is 20.5. The van der Waals surface area contributed by atoms with Crippen LogP contribution in [0.1, 0.15) is 18.4 Å². The van der Waals surface area contributed by atoms with Gasteiger partial charge in [0.1, 0.15) is 5.82 Å². The number of hydrogen-bond acceptors (Lipinski definition) is 2. The zero-order valence-electron chi connectivity index (χ0n) is 13.7. The number of nitrogens with zero attached hydrogens (tertiary/aromatic N) is 1. The first-order chi connectivity index (χ1) is 11.7. The van der Waals surface area contributed by atoms with Crippen LogP contribution in [0.15, 0.2) is 48.7 Å². The average Bonchev–Trinajstić information content (AvgIpc) is 2.60. The molecule has 4 nitrogen and oxygen atoms in total. The van der Waals surface area contributed by atoms with Crippen molar-refractivity contribution in [2.45, 2.75) is 19.3 Å². The van der Waals surface area contributed by atoms with Crippen LogP contribution < -0.4 is 10.2 Å². The van der Waals surface area contributed by atoms with Crippen LogP contribution in [-0.2, 0) is 11.2 Å². The van der Waals surface area contributed by atoms with Gasteiger partial charge in [0, 0.05) is 6.20 Å². The van der Waals surface area contributed by atoms with Gasteiger partial charge in [0.05, 0.1) is 18.1 Å². The molecule has 0 spiro atoms. The van der Waals surface area contributed by atoms with Crippen molar-refractivity contribution in [3.8, 4) is 0 Å². The minimum Gasteiger partial charge on any atom is -0.327 e. The molecule has 1 aliphatic rings. The molecular formula is C19H23ClN3O+. The molecule has 24 heavy (non-hydrogen) atoms. The monoisotopic (exact) mass is 344 g/mol. The molecule has 0 unspecified atom stereocenters. The number of carbonyl (C=O) groups excluding carboxylic acids is 1. The first-order valence-corrected chi connectivity index (χ1v) is 8.86. The number of benzene rings is 1. The summed E-state index contributed by atoms with van der Waals surface area (Å²) in [6, 6.07) is 14.1. The van der Waals surface area contributed by atoms with Crippen LogP contribution in [0.4, 0.5) is 5.82 Å². The summed E-state index contributed by atoms with van der Waals surface area (Å²) in [6.45, 7) is 2.61. The Morgan fingerprint density at radius 3 is 2.58 bits per heavy atom. The van der Waals surface area contributed by atoms with Gasteiger partial charge in [-0.25, -0.2) is 4.98 Å². The van der Waals surface area contributed by atoms with Gasteiger partial charge in [0.2, 0.25) is 0 Å². The SMILES string of the molecule is O=C(C[NH+]1CCC(Cc2ccccc2)CC1)Nc1ccc(Cl)cn1. The van der Waals surface area contributed by atoms with Crippen molar-refractivity contribution < 1.29 is 9.69 Å². The topological polar surface area (TPSA) is 46.4 Å². The van der Waals surface area contributed by atoms with Crippen LogP contribution in [0, 0.1) is 5.92 Å². The molecule has 1 amide bonds. The number of pyridine rings is 1. The van der Waals surface area contributed by atoms with E-state index >= 15 is 0 Å². The Morgan fingerprint density at radius 1 is 1.17 bits per heavy atom. The average molecular weight is 345 g/mol. The van der Waals surface area contributed by atoms with Crippen LogP contribution in [0.25, 0.3) is 0 Å². The molecule has 3 rings (SSSR count). The number of hydrogen-bond donors (Lipinski definition) is 2. The van der Waals surface area contributed by atoms with E-state index in [-0.39, 0.29) is 5.91 Å². The lowest BCUT2D eigenvalue weighted by molar-refractivity contribution is -0.898. The number of rotatable bonds is 5. The molecule has 0 atom stereocenters. The van der Waals surface area contributed by atoms with E-state index in [4.69, 9.17) is 11.6 Å². The predicted octanol–water partition coefficient (Wildman–Crippen LogP) is 2.21. The quantitative estimate of drug-likeness (QED) is 0.873. The Hall–Kier alpha value is -1.91. The molecule has 0 bridgehead atoms.